The molecule has 0 radical (unpaired) electrons. The van der Waals surface area contributed by atoms with Crippen LogP contribution in [0.1, 0.15) is 5.69 Å². The molecule has 5 nitrogen and oxygen atoms in total. The van der Waals surface area contributed by atoms with Gasteiger partial charge in [0.05, 0.1) is 29.3 Å². The van der Waals surface area contributed by atoms with Gasteiger partial charge in [-0.15, -0.1) is 0 Å². The highest BCUT2D eigenvalue weighted by atomic mass is 35.5. The Balaban J connectivity index is 1.98. The van der Waals surface area contributed by atoms with Gasteiger partial charge in [0.2, 0.25) is 0 Å². The standard InChI is InChI=1S/C14H14ClN3O2S/c15-9-1-2-11-10(7-9)14-12(3-6-21(14,19)20)18(11)8-13-16-4-5-17-13/h1-2,7H,3-6,8H2,(H,16,17). The summed E-state index contributed by atoms with van der Waals surface area (Å²) in [6, 6.07) is 5.44. The van der Waals surface area contributed by atoms with Gasteiger partial charge in [0.15, 0.2) is 9.84 Å². The van der Waals surface area contributed by atoms with Gasteiger partial charge in [-0.2, -0.15) is 0 Å². The molecule has 0 saturated heterocycles. The van der Waals surface area contributed by atoms with Crippen LogP contribution in [0.2, 0.25) is 5.02 Å². The van der Waals surface area contributed by atoms with Crippen LogP contribution in [-0.2, 0) is 22.8 Å². The Hall–Kier alpha value is -1.53. The van der Waals surface area contributed by atoms with Crippen molar-refractivity contribution in [3.63, 3.8) is 0 Å². The van der Waals surface area contributed by atoms with E-state index in [-0.39, 0.29) is 5.75 Å². The Kier molecular flexibility index (Phi) is 2.81. The van der Waals surface area contributed by atoms with Gasteiger partial charge in [0.25, 0.3) is 0 Å². The monoisotopic (exact) mass is 323 g/mol. The zero-order chi connectivity index (χ0) is 14.6. The Morgan fingerprint density at radius 3 is 3.00 bits per heavy atom. The average molecular weight is 324 g/mol. The summed E-state index contributed by atoms with van der Waals surface area (Å²) in [4.78, 5) is 4.86. The van der Waals surface area contributed by atoms with Crippen LogP contribution in [0, 0.1) is 0 Å². The highest BCUT2D eigenvalue weighted by molar-refractivity contribution is 7.92. The number of hydrogen-bond acceptors (Lipinski definition) is 4. The van der Waals surface area contributed by atoms with Crippen molar-refractivity contribution in [2.45, 2.75) is 17.9 Å². The van der Waals surface area contributed by atoms with Crippen LogP contribution < -0.4 is 5.32 Å². The lowest BCUT2D eigenvalue weighted by Gasteiger charge is -2.09. The Bertz CT molecular complexity index is 883. The summed E-state index contributed by atoms with van der Waals surface area (Å²) >= 11 is 6.05. The number of nitrogens with one attached hydrogen (secondary N) is 1. The minimum Gasteiger partial charge on any atom is -0.370 e. The maximum absolute atomic E-state index is 12.3. The largest absolute Gasteiger partial charge is 0.370 e. The van der Waals surface area contributed by atoms with Gasteiger partial charge >= 0.3 is 0 Å². The molecule has 0 amide bonds. The zero-order valence-electron chi connectivity index (χ0n) is 11.3. The molecule has 2 aromatic rings. The third kappa shape index (κ3) is 1.97. The Morgan fingerprint density at radius 1 is 1.38 bits per heavy atom. The van der Waals surface area contributed by atoms with Crippen LogP contribution >= 0.6 is 11.6 Å². The van der Waals surface area contributed by atoms with E-state index in [1.165, 1.54) is 0 Å². The van der Waals surface area contributed by atoms with Gasteiger partial charge in [0.1, 0.15) is 5.84 Å². The lowest BCUT2D eigenvalue weighted by molar-refractivity contribution is 0.600. The van der Waals surface area contributed by atoms with Crippen molar-refractivity contribution in [3.05, 3.63) is 28.9 Å². The molecule has 21 heavy (non-hydrogen) atoms. The molecule has 0 fully saturated rings. The van der Waals surface area contributed by atoms with E-state index in [2.05, 4.69) is 14.9 Å². The van der Waals surface area contributed by atoms with Gasteiger partial charge in [-0.3, -0.25) is 4.99 Å². The minimum atomic E-state index is -3.20. The van der Waals surface area contributed by atoms with E-state index in [1.54, 1.807) is 12.1 Å². The van der Waals surface area contributed by atoms with Crippen molar-refractivity contribution >= 4 is 38.2 Å². The van der Waals surface area contributed by atoms with Crippen LogP contribution in [0.4, 0.5) is 0 Å². The predicted molar refractivity (Wildman–Crippen MR) is 83.0 cm³/mol. The maximum atomic E-state index is 12.3. The van der Waals surface area contributed by atoms with Crippen molar-refractivity contribution in [1.29, 1.82) is 0 Å². The smallest absolute Gasteiger partial charge is 0.181 e. The molecule has 1 aromatic heterocycles. The van der Waals surface area contributed by atoms with Crippen molar-refractivity contribution in [3.8, 4) is 0 Å². The van der Waals surface area contributed by atoms with Crippen molar-refractivity contribution in [2.24, 2.45) is 4.99 Å². The van der Waals surface area contributed by atoms with Crippen molar-refractivity contribution in [2.75, 3.05) is 18.8 Å². The number of halogens is 1. The second-order valence-corrected chi connectivity index (χ2v) is 7.83. The number of rotatable bonds is 2. The minimum absolute atomic E-state index is 0.181. The number of aromatic nitrogens is 1. The van der Waals surface area contributed by atoms with Gasteiger partial charge in [-0.05, 0) is 18.2 Å². The van der Waals surface area contributed by atoms with E-state index < -0.39 is 9.84 Å². The van der Waals surface area contributed by atoms with Gasteiger partial charge < -0.3 is 9.88 Å². The molecule has 7 heteroatoms. The second-order valence-electron chi connectivity index (χ2n) is 5.35. The first-order chi connectivity index (χ1) is 10.1. The fourth-order valence-electron chi connectivity index (χ4n) is 3.16. The van der Waals surface area contributed by atoms with E-state index in [0.29, 0.717) is 22.9 Å². The summed E-state index contributed by atoms with van der Waals surface area (Å²) in [5.41, 5.74) is 1.78. The summed E-state index contributed by atoms with van der Waals surface area (Å²) in [5.74, 6) is 1.09. The third-order valence-electron chi connectivity index (χ3n) is 4.05. The summed E-state index contributed by atoms with van der Waals surface area (Å²) in [7, 11) is -3.20. The number of amidine groups is 1. The molecule has 0 unspecified atom stereocenters. The number of nitrogens with zero attached hydrogens (tertiary/aromatic N) is 2. The fraction of sp³-hybridized carbons (Fsp3) is 0.357. The lowest BCUT2D eigenvalue weighted by atomic mass is 10.2. The highest BCUT2D eigenvalue weighted by Gasteiger charge is 2.33. The molecule has 2 aliphatic rings. The number of fused-ring (bicyclic) bond motifs is 3. The average Bonchev–Trinajstić information content (AvgIpc) is 3.10. The number of hydrogen-bond donors (Lipinski definition) is 1. The summed E-state index contributed by atoms with van der Waals surface area (Å²) in [6.45, 7) is 2.21. The first kappa shape index (κ1) is 13.2. The molecule has 3 heterocycles. The van der Waals surface area contributed by atoms with Gasteiger partial charge in [-0.1, -0.05) is 11.6 Å². The quantitative estimate of drug-likeness (QED) is 0.913. The molecule has 110 valence electrons. The molecule has 0 bridgehead atoms. The number of sulfone groups is 1. The number of aliphatic imine (C=N–C) groups is 1. The lowest BCUT2D eigenvalue weighted by Crippen LogP contribution is -2.24. The van der Waals surface area contributed by atoms with Crippen LogP contribution in [-0.4, -0.2) is 37.7 Å². The van der Waals surface area contributed by atoms with Crippen LogP contribution in [0.25, 0.3) is 10.9 Å². The Morgan fingerprint density at radius 2 is 2.24 bits per heavy atom. The van der Waals surface area contributed by atoms with E-state index in [4.69, 9.17) is 11.6 Å². The molecule has 0 aliphatic carbocycles. The summed E-state index contributed by atoms with van der Waals surface area (Å²) in [6.07, 6.45) is 0.553. The SMILES string of the molecule is O=S1(=O)CCc2c1c1cc(Cl)ccc1n2CC1=NCCN1. The molecule has 0 saturated carbocycles. The van der Waals surface area contributed by atoms with Gasteiger partial charge in [0, 0.05) is 29.1 Å². The van der Waals surface area contributed by atoms with E-state index in [9.17, 15) is 8.42 Å². The van der Waals surface area contributed by atoms with Crippen molar-refractivity contribution in [1.82, 2.24) is 9.88 Å². The zero-order valence-corrected chi connectivity index (χ0v) is 12.8. The summed E-state index contributed by atoms with van der Waals surface area (Å²) < 4.78 is 26.7. The van der Waals surface area contributed by atoms with E-state index >= 15 is 0 Å². The first-order valence-corrected chi connectivity index (χ1v) is 8.90. The summed E-state index contributed by atoms with van der Waals surface area (Å²) in [5, 5.41) is 4.52. The highest BCUT2D eigenvalue weighted by Crippen LogP contribution is 2.37. The Labute approximate surface area is 127 Å². The molecule has 1 aromatic carbocycles. The molecular formula is C14H14ClN3O2S. The normalized spacial score (nSPS) is 19.6. The molecule has 2 aliphatic heterocycles. The molecule has 4 rings (SSSR count). The molecule has 0 spiro atoms. The number of benzene rings is 1. The first-order valence-electron chi connectivity index (χ1n) is 6.87. The van der Waals surface area contributed by atoms with Crippen LogP contribution in [0.5, 0.6) is 0 Å². The second kappa shape index (κ2) is 4.48. The fourth-order valence-corrected chi connectivity index (χ4v) is 5.07. The molecular weight excluding hydrogens is 310 g/mol. The third-order valence-corrected chi connectivity index (χ3v) is 6.11. The van der Waals surface area contributed by atoms with Crippen LogP contribution in [0.15, 0.2) is 28.1 Å². The van der Waals surface area contributed by atoms with Gasteiger partial charge in [-0.25, -0.2) is 8.42 Å². The van der Waals surface area contributed by atoms with Crippen molar-refractivity contribution < 1.29 is 8.42 Å². The molecule has 1 N–H and O–H groups in total. The van der Waals surface area contributed by atoms with E-state index in [0.717, 1.165) is 35.5 Å². The van der Waals surface area contributed by atoms with E-state index in [1.807, 2.05) is 6.07 Å². The predicted octanol–water partition coefficient (Wildman–Crippen LogP) is 1.63. The van der Waals surface area contributed by atoms with Crippen LogP contribution in [0.3, 0.4) is 0 Å². The maximum Gasteiger partial charge on any atom is 0.181 e. The topological polar surface area (TPSA) is 63.5 Å². The molecule has 0 atom stereocenters.